The number of allylic oxidation sites excluding steroid dienone is 5. The topological polar surface area (TPSA) is 0 Å². The molecule has 0 heterocycles. The Morgan fingerprint density at radius 2 is 1.90 bits per heavy atom. The molecule has 1 aliphatic rings. The summed E-state index contributed by atoms with van der Waals surface area (Å²) in [6.07, 6.45) is 9.87. The standard InChI is InChI=1S/C8H8.C2H6/c1-8-6-4-2-3-5-7-8;1-2/h2,4-7H,1H3;1-2H3. The fourth-order valence-corrected chi connectivity index (χ4v) is 0.546. The van der Waals surface area contributed by atoms with E-state index in [-0.39, 0.29) is 0 Å². The van der Waals surface area contributed by atoms with E-state index in [0.29, 0.717) is 0 Å². The van der Waals surface area contributed by atoms with Crippen LogP contribution < -0.4 is 0 Å². The fraction of sp³-hybridized carbons (Fsp3) is 0.300. The lowest BCUT2D eigenvalue weighted by Gasteiger charge is -1.80. The smallest absolute Gasteiger partial charge is 0.0197 e. The van der Waals surface area contributed by atoms with Crippen molar-refractivity contribution in [3.8, 4) is 0 Å². The van der Waals surface area contributed by atoms with Crippen LogP contribution in [0.25, 0.3) is 0 Å². The SMILES string of the molecule is CC.CC1=CC=C=CC=C1. The molecule has 10 heavy (non-hydrogen) atoms. The summed E-state index contributed by atoms with van der Waals surface area (Å²) in [5.74, 6) is 0. The van der Waals surface area contributed by atoms with Crippen molar-refractivity contribution in [3.05, 3.63) is 41.7 Å². The van der Waals surface area contributed by atoms with E-state index in [0.717, 1.165) is 0 Å². The molecule has 1 rings (SSSR count). The van der Waals surface area contributed by atoms with Gasteiger partial charge in [-0.05, 0) is 19.1 Å². The van der Waals surface area contributed by atoms with Gasteiger partial charge in [-0.25, -0.2) is 0 Å². The van der Waals surface area contributed by atoms with Gasteiger partial charge in [0.15, 0.2) is 0 Å². The van der Waals surface area contributed by atoms with E-state index in [1.807, 2.05) is 38.2 Å². The van der Waals surface area contributed by atoms with E-state index < -0.39 is 0 Å². The molecule has 0 saturated carbocycles. The van der Waals surface area contributed by atoms with Crippen LogP contribution >= 0.6 is 0 Å². The molecule has 0 aromatic heterocycles. The van der Waals surface area contributed by atoms with Crippen LogP contribution in [0.3, 0.4) is 0 Å². The second-order valence-corrected chi connectivity index (χ2v) is 1.77. The van der Waals surface area contributed by atoms with Crippen molar-refractivity contribution in [1.82, 2.24) is 0 Å². The van der Waals surface area contributed by atoms with Gasteiger partial charge >= 0.3 is 0 Å². The lowest BCUT2D eigenvalue weighted by atomic mass is 10.3. The van der Waals surface area contributed by atoms with Crippen molar-refractivity contribution >= 4 is 0 Å². The van der Waals surface area contributed by atoms with Gasteiger partial charge in [-0.1, -0.05) is 37.6 Å². The summed E-state index contributed by atoms with van der Waals surface area (Å²) in [5, 5.41) is 0. The highest BCUT2D eigenvalue weighted by molar-refractivity contribution is 5.27. The van der Waals surface area contributed by atoms with Crippen LogP contribution in [0, 0.1) is 0 Å². The predicted octanol–water partition coefficient (Wildman–Crippen LogP) is 3.24. The Bertz CT molecular complexity index is 186. The van der Waals surface area contributed by atoms with Crippen molar-refractivity contribution in [2.75, 3.05) is 0 Å². The average molecular weight is 134 g/mol. The van der Waals surface area contributed by atoms with Crippen LogP contribution in [0.15, 0.2) is 41.7 Å². The van der Waals surface area contributed by atoms with E-state index >= 15 is 0 Å². The largest absolute Gasteiger partial charge is 0.121 e. The lowest BCUT2D eigenvalue weighted by Crippen LogP contribution is -1.60. The van der Waals surface area contributed by atoms with Crippen LogP contribution in [-0.4, -0.2) is 0 Å². The second kappa shape index (κ2) is 6.12. The van der Waals surface area contributed by atoms with Gasteiger partial charge in [0.2, 0.25) is 0 Å². The first-order valence-corrected chi connectivity index (χ1v) is 3.65. The van der Waals surface area contributed by atoms with E-state index in [2.05, 4.69) is 18.7 Å². The zero-order valence-corrected chi connectivity index (χ0v) is 6.89. The summed E-state index contributed by atoms with van der Waals surface area (Å²) in [6.45, 7) is 6.06. The first-order valence-electron chi connectivity index (χ1n) is 3.65. The van der Waals surface area contributed by atoms with Crippen molar-refractivity contribution in [2.45, 2.75) is 20.8 Å². The molecule has 0 heteroatoms. The molecule has 0 bridgehead atoms. The van der Waals surface area contributed by atoms with Crippen molar-refractivity contribution in [3.63, 3.8) is 0 Å². The monoisotopic (exact) mass is 134 g/mol. The maximum Gasteiger partial charge on any atom is -0.0197 e. The minimum atomic E-state index is 1.27. The predicted molar refractivity (Wildman–Crippen MR) is 46.9 cm³/mol. The normalized spacial score (nSPS) is 13.3. The molecule has 0 radical (unpaired) electrons. The highest BCUT2D eigenvalue weighted by Crippen LogP contribution is 1.97. The Kier molecular flexibility index (Phi) is 5.51. The van der Waals surface area contributed by atoms with Gasteiger partial charge in [0.1, 0.15) is 0 Å². The van der Waals surface area contributed by atoms with Crippen LogP contribution in [0.4, 0.5) is 0 Å². The third-order valence-electron chi connectivity index (χ3n) is 0.994. The molecular formula is C10H14. The Balaban J connectivity index is 0.000000371. The fourth-order valence-electron chi connectivity index (χ4n) is 0.546. The minimum absolute atomic E-state index is 1.27. The number of rotatable bonds is 0. The molecule has 0 nitrogen and oxygen atoms in total. The molecule has 0 N–H and O–H groups in total. The van der Waals surface area contributed by atoms with Gasteiger partial charge < -0.3 is 0 Å². The number of hydrogen-bond acceptors (Lipinski definition) is 0. The molecule has 0 saturated heterocycles. The van der Waals surface area contributed by atoms with Gasteiger partial charge in [0.05, 0.1) is 0 Å². The second-order valence-electron chi connectivity index (χ2n) is 1.77. The van der Waals surface area contributed by atoms with Crippen LogP contribution in [0.5, 0.6) is 0 Å². The molecule has 54 valence electrons. The minimum Gasteiger partial charge on any atom is -0.121 e. The summed E-state index contributed by atoms with van der Waals surface area (Å²) in [7, 11) is 0. The molecular weight excluding hydrogens is 120 g/mol. The zero-order chi connectivity index (χ0) is 7.82. The van der Waals surface area contributed by atoms with Crippen molar-refractivity contribution < 1.29 is 0 Å². The molecule has 1 aliphatic carbocycles. The molecule has 0 amide bonds. The third-order valence-corrected chi connectivity index (χ3v) is 0.994. The van der Waals surface area contributed by atoms with Crippen LogP contribution in [0.2, 0.25) is 0 Å². The van der Waals surface area contributed by atoms with E-state index in [9.17, 15) is 0 Å². The van der Waals surface area contributed by atoms with E-state index in [1.165, 1.54) is 5.57 Å². The maximum absolute atomic E-state index is 2.96. The summed E-state index contributed by atoms with van der Waals surface area (Å²) >= 11 is 0. The third kappa shape index (κ3) is 3.94. The van der Waals surface area contributed by atoms with Crippen LogP contribution in [0.1, 0.15) is 20.8 Å². The summed E-state index contributed by atoms with van der Waals surface area (Å²) in [6, 6.07) is 0. The van der Waals surface area contributed by atoms with Gasteiger partial charge in [0, 0.05) is 0 Å². The lowest BCUT2D eigenvalue weighted by molar-refractivity contribution is 1.50. The summed E-state index contributed by atoms with van der Waals surface area (Å²) in [5.41, 5.74) is 4.23. The molecule has 0 atom stereocenters. The van der Waals surface area contributed by atoms with Crippen molar-refractivity contribution in [2.24, 2.45) is 0 Å². The molecule has 0 aromatic carbocycles. The van der Waals surface area contributed by atoms with E-state index in [4.69, 9.17) is 0 Å². The molecule has 0 unspecified atom stereocenters. The van der Waals surface area contributed by atoms with E-state index in [1.54, 1.807) is 0 Å². The van der Waals surface area contributed by atoms with Crippen molar-refractivity contribution in [1.29, 1.82) is 0 Å². The number of hydrogen-bond donors (Lipinski definition) is 0. The molecule has 0 aliphatic heterocycles. The Morgan fingerprint density at radius 1 is 1.20 bits per heavy atom. The zero-order valence-electron chi connectivity index (χ0n) is 6.89. The first-order chi connectivity index (χ1) is 4.89. The van der Waals surface area contributed by atoms with Gasteiger partial charge in [-0.2, -0.15) is 0 Å². The summed E-state index contributed by atoms with van der Waals surface area (Å²) < 4.78 is 0. The Hall–Kier alpha value is -1.00. The average Bonchev–Trinajstić information content (AvgIpc) is 2.21. The molecule has 0 spiro atoms. The van der Waals surface area contributed by atoms with Gasteiger partial charge in [0.25, 0.3) is 0 Å². The van der Waals surface area contributed by atoms with Gasteiger partial charge in [-0.3, -0.25) is 0 Å². The quantitative estimate of drug-likeness (QED) is 0.446. The Labute approximate surface area is 63.3 Å². The highest BCUT2D eigenvalue weighted by atomic mass is 13.8. The maximum atomic E-state index is 2.96. The highest BCUT2D eigenvalue weighted by Gasteiger charge is 1.76. The van der Waals surface area contributed by atoms with Crippen LogP contribution in [-0.2, 0) is 0 Å². The molecule has 0 aromatic rings. The first kappa shape index (κ1) is 9.00. The van der Waals surface area contributed by atoms with Gasteiger partial charge in [-0.15, -0.1) is 5.73 Å². The summed E-state index contributed by atoms with van der Waals surface area (Å²) in [4.78, 5) is 0. The Morgan fingerprint density at radius 3 is 2.60 bits per heavy atom. The molecule has 0 fully saturated rings.